The van der Waals surface area contributed by atoms with Gasteiger partial charge in [0.1, 0.15) is 5.69 Å². The molecule has 12 nitrogen and oxygen atoms in total. The number of anilines is 1. The average Bonchev–Trinajstić information content (AvgIpc) is 3.55. The van der Waals surface area contributed by atoms with Crippen LogP contribution in [-0.4, -0.2) is 84.3 Å². The molecule has 1 fully saturated rings. The van der Waals surface area contributed by atoms with Gasteiger partial charge in [0.05, 0.1) is 43.3 Å². The number of fused-ring (bicyclic) bond motifs is 5. The van der Waals surface area contributed by atoms with Gasteiger partial charge in [-0.1, -0.05) is 89.2 Å². The second kappa shape index (κ2) is 19.5. The van der Waals surface area contributed by atoms with Crippen LogP contribution in [0.5, 0.6) is 0 Å². The molecule has 3 unspecified atom stereocenters. The number of carbonyl (C=O) groups excluding carboxylic acids is 3. The Bertz CT molecular complexity index is 1820. The zero-order valence-corrected chi connectivity index (χ0v) is 35.7. The van der Waals surface area contributed by atoms with Gasteiger partial charge < -0.3 is 30.3 Å². The third-order valence-corrected chi connectivity index (χ3v) is 11.7. The first-order chi connectivity index (χ1) is 27.1. The number of nitrogens with one attached hydrogen (secondary N) is 3. The third-order valence-electron chi connectivity index (χ3n) is 11.7. The van der Waals surface area contributed by atoms with E-state index < -0.39 is 11.0 Å². The van der Waals surface area contributed by atoms with E-state index in [4.69, 9.17) is 9.47 Å². The van der Waals surface area contributed by atoms with Gasteiger partial charge in [-0.15, -0.1) is 5.10 Å². The summed E-state index contributed by atoms with van der Waals surface area (Å²) >= 11 is 0. The number of rotatable bonds is 22. The Labute approximate surface area is 340 Å². The lowest BCUT2D eigenvalue weighted by molar-refractivity contribution is -0.131. The first kappa shape index (κ1) is 44.0. The Morgan fingerprint density at radius 1 is 0.965 bits per heavy atom. The predicted octanol–water partition coefficient (Wildman–Crippen LogP) is 6.77. The van der Waals surface area contributed by atoms with Crippen molar-refractivity contribution in [3.63, 3.8) is 0 Å². The Hall–Kier alpha value is -4.13. The van der Waals surface area contributed by atoms with Crippen molar-refractivity contribution in [3.05, 3.63) is 54.1 Å². The van der Waals surface area contributed by atoms with Gasteiger partial charge in [0.25, 0.3) is 0 Å². The van der Waals surface area contributed by atoms with Gasteiger partial charge in [-0.25, -0.2) is 4.68 Å². The lowest BCUT2D eigenvalue weighted by Crippen LogP contribution is -2.43. The molecule has 1 aromatic heterocycles. The number of ether oxygens (including phenoxy) is 2. The van der Waals surface area contributed by atoms with E-state index in [0.717, 1.165) is 59.9 Å². The molecule has 3 aromatic rings. The fourth-order valence-electron chi connectivity index (χ4n) is 7.70. The molecule has 5 rings (SSSR count). The summed E-state index contributed by atoms with van der Waals surface area (Å²) in [5, 5.41) is 18.7. The van der Waals surface area contributed by atoms with Crippen molar-refractivity contribution in [2.45, 2.75) is 113 Å². The minimum absolute atomic E-state index is 0.0349. The second-order valence-corrected chi connectivity index (χ2v) is 17.8. The standard InChI is InChI=1S/C45H67N7O5/c1-9-21-46-22-25-56-26-23-52-41-35-15-11-10-14-34(35)30-51(37-17-13-12-16-36(37)40(41)49-50-52)39(54)19-18-38(53)48-31-44(6,7)57-24-20-43(4,5)42(55)47-29-32(2)27-45(8)28-33(45)3/h10-17,32-33,46H,9,18-31H2,1-8H3,(H,47,55)(H,48,53). The maximum Gasteiger partial charge on any atom is 0.227 e. The van der Waals surface area contributed by atoms with Gasteiger partial charge in [-0.2, -0.15) is 0 Å². The van der Waals surface area contributed by atoms with Crippen LogP contribution in [0.15, 0.2) is 48.5 Å². The Morgan fingerprint density at radius 2 is 1.68 bits per heavy atom. The van der Waals surface area contributed by atoms with Crippen molar-refractivity contribution < 1.29 is 23.9 Å². The highest BCUT2D eigenvalue weighted by Crippen LogP contribution is 2.55. The third kappa shape index (κ3) is 12.0. The molecule has 0 spiro atoms. The first-order valence-electron chi connectivity index (χ1n) is 21.0. The van der Waals surface area contributed by atoms with Gasteiger partial charge in [-0.3, -0.25) is 14.4 Å². The number of aromatic nitrogens is 3. The van der Waals surface area contributed by atoms with Crippen molar-refractivity contribution in [3.8, 4) is 22.5 Å². The summed E-state index contributed by atoms with van der Waals surface area (Å²) in [6.07, 6.45) is 4.11. The lowest BCUT2D eigenvalue weighted by Gasteiger charge is -2.30. The highest BCUT2D eigenvalue weighted by Gasteiger charge is 2.46. The van der Waals surface area contributed by atoms with Gasteiger partial charge >= 0.3 is 0 Å². The van der Waals surface area contributed by atoms with Crippen LogP contribution in [0.2, 0.25) is 0 Å². The molecule has 1 aliphatic heterocycles. The average molecular weight is 786 g/mol. The van der Waals surface area contributed by atoms with Crippen molar-refractivity contribution in [1.29, 1.82) is 0 Å². The molecule has 0 bridgehead atoms. The number of nitrogens with zero attached hydrogens (tertiary/aromatic N) is 4. The van der Waals surface area contributed by atoms with E-state index in [0.29, 0.717) is 62.9 Å². The summed E-state index contributed by atoms with van der Waals surface area (Å²) in [5.41, 5.74) is 4.24. The highest BCUT2D eigenvalue weighted by molar-refractivity contribution is 6.01. The monoisotopic (exact) mass is 786 g/mol. The zero-order chi connectivity index (χ0) is 41.2. The molecule has 0 saturated heterocycles. The number of amides is 3. The molecule has 3 N–H and O–H groups in total. The lowest BCUT2D eigenvalue weighted by atomic mass is 9.87. The largest absolute Gasteiger partial charge is 0.378 e. The smallest absolute Gasteiger partial charge is 0.227 e. The van der Waals surface area contributed by atoms with E-state index in [-0.39, 0.29) is 37.1 Å². The summed E-state index contributed by atoms with van der Waals surface area (Å²) in [4.78, 5) is 41.9. The van der Waals surface area contributed by atoms with Gasteiger partial charge in [0.15, 0.2) is 0 Å². The highest BCUT2D eigenvalue weighted by atomic mass is 16.5. The SMILES string of the molecule is CCCNCCOCCn1nnc2c1-c1ccccc1CN(C(=O)CCC(=O)NCC(C)(C)OCCC(C)(C)C(=O)NCC(C)CC1(C)CC1C)c1ccccc1-2. The molecule has 2 aromatic carbocycles. The molecule has 2 aliphatic rings. The number of hydrogen-bond acceptors (Lipinski definition) is 8. The van der Waals surface area contributed by atoms with Crippen LogP contribution < -0.4 is 20.9 Å². The number of benzene rings is 2. The summed E-state index contributed by atoms with van der Waals surface area (Å²) in [5.74, 6) is 0.858. The van der Waals surface area contributed by atoms with E-state index in [1.807, 2.05) is 80.9 Å². The maximum absolute atomic E-state index is 14.0. The van der Waals surface area contributed by atoms with E-state index >= 15 is 0 Å². The molecule has 312 valence electrons. The molecule has 0 radical (unpaired) electrons. The number of carbonyl (C=O) groups is 3. The Balaban J connectivity index is 1.13. The van der Waals surface area contributed by atoms with Crippen LogP contribution in [-0.2, 0) is 36.9 Å². The molecule has 1 saturated carbocycles. The fraction of sp³-hybridized carbons (Fsp3) is 0.622. The molecule has 3 atom stereocenters. The topological polar surface area (TPSA) is 140 Å². The summed E-state index contributed by atoms with van der Waals surface area (Å²) < 4.78 is 14.0. The van der Waals surface area contributed by atoms with E-state index in [1.54, 1.807) is 4.90 Å². The minimum atomic E-state index is -0.657. The van der Waals surface area contributed by atoms with Crippen molar-refractivity contribution in [2.24, 2.45) is 22.7 Å². The van der Waals surface area contributed by atoms with Crippen molar-refractivity contribution in [2.75, 3.05) is 50.9 Å². The van der Waals surface area contributed by atoms with Crippen LogP contribution in [0.3, 0.4) is 0 Å². The summed E-state index contributed by atoms with van der Waals surface area (Å²) in [6.45, 7) is 21.8. The van der Waals surface area contributed by atoms with E-state index in [9.17, 15) is 14.4 Å². The first-order valence-corrected chi connectivity index (χ1v) is 21.0. The molecule has 2 heterocycles. The van der Waals surface area contributed by atoms with Crippen molar-refractivity contribution >= 4 is 23.4 Å². The molecular weight excluding hydrogens is 719 g/mol. The summed E-state index contributed by atoms with van der Waals surface area (Å²) in [7, 11) is 0. The molecular formula is C45H67N7O5. The van der Waals surface area contributed by atoms with Crippen LogP contribution in [0.4, 0.5) is 5.69 Å². The van der Waals surface area contributed by atoms with Crippen LogP contribution in [0.1, 0.15) is 99.5 Å². The zero-order valence-electron chi connectivity index (χ0n) is 35.7. The van der Waals surface area contributed by atoms with Crippen LogP contribution >= 0.6 is 0 Å². The predicted molar refractivity (Wildman–Crippen MR) is 225 cm³/mol. The minimum Gasteiger partial charge on any atom is -0.378 e. The van der Waals surface area contributed by atoms with Crippen molar-refractivity contribution in [1.82, 2.24) is 30.9 Å². The molecule has 12 heteroatoms. The fourth-order valence-corrected chi connectivity index (χ4v) is 7.70. The van der Waals surface area contributed by atoms with E-state index in [1.165, 1.54) is 6.42 Å². The summed E-state index contributed by atoms with van der Waals surface area (Å²) in [6, 6.07) is 15.8. The molecule has 57 heavy (non-hydrogen) atoms. The molecule has 1 aliphatic carbocycles. The van der Waals surface area contributed by atoms with Crippen LogP contribution in [0.25, 0.3) is 22.5 Å². The Morgan fingerprint density at radius 3 is 2.42 bits per heavy atom. The van der Waals surface area contributed by atoms with E-state index in [2.05, 4.69) is 54.0 Å². The molecule has 3 amide bonds. The van der Waals surface area contributed by atoms with Crippen LogP contribution in [0, 0.1) is 22.7 Å². The second-order valence-electron chi connectivity index (χ2n) is 17.8. The number of hydrogen-bond donors (Lipinski definition) is 3. The quantitative estimate of drug-likeness (QED) is 0.0950. The van der Waals surface area contributed by atoms with Gasteiger partial charge in [0.2, 0.25) is 17.7 Å². The Kier molecular flexibility index (Phi) is 15.1. The van der Waals surface area contributed by atoms with Gasteiger partial charge in [-0.05, 0) is 75.0 Å². The normalized spacial score (nSPS) is 18.1. The number of para-hydroxylation sites is 1. The maximum atomic E-state index is 14.0. The van der Waals surface area contributed by atoms with Gasteiger partial charge in [0, 0.05) is 55.6 Å².